The molecule has 0 radical (unpaired) electrons. The quantitative estimate of drug-likeness (QED) is 0.932. The van der Waals surface area contributed by atoms with Crippen molar-refractivity contribution >= 4 is 11.6 Å². The molecule has 2 heterocycles. The number of benzene rings is 1. The van der Waals surface area contributed by atoms with Gasteiger partial charge < -0.3 is 19.9 Å². The molecule has 1 aliphatic heterocycles. The van der Waals surface area contributed by atoms with Crippen molar-refractivity contribution in [3.8, 4) is 16.9 Å². The number of anilines is 1. The van der Waals surface area contributed by atoms with Crippen LogP contribution in [0.4, 0.5) is 5.69 Å². The molecule has 1 aromatic heterocycles. The third-order valence-electron chi connectivity index (χ3n) is 4.77. The number of rotatable bonds is 4. The van der Waals surface area contributed by atoms with E-state index in [9.17, 15) is 4.79 Å². The van der Waals surface area contributed by atoms with E-state index in [2.05, 4.69) is 16.1 Å². The summed E-state index contributed by atoms with van der Waals surface area (Å²) >= 11 is 0. The summed E-state index contributed by atoms with van der Waals surface area (Å²) in [6.45, 7) is 5.29. The molecule has 1 saturated carbocycles. The molecule has 1 amide bonds. The normalized spacial score (nSPS) is 19.8. The molecule has 1 aliphatic carbocycles. The largest absolute Gasteiger partial charge is 0.477 e. The number of nitrogens with two attached hydrogens (primary N) is 1. The monoisotopic (exact) mass is 327 g/mol. The second-order valence-corrected chi connectivity index (χ2v) is 6.74. The van der Waals surface area contributed by atoms with E-state index in [0.29, 0.717) is 18.2 Å². The van der Waals surface area contributed by atoms with Crippen molar-refractivity contribution in [3.05, 3.63) is 29.7 Å². The van der Waals surface area contributed by atoms with Gasteiger partial charge in [-0.3, -0.25) is 4.79 Å². The molecule has 0 bridgehead atoms. The zero-order valence-electron chi connectivity index (χ0n) is 13.9. The van der Waals surface area contributed by atoms with Crippen molar-refractivity contribution in [1.29, 1.82) is 0 Å². The molecule has 6 nitrogen and oxygen atoms in total. The number of carbonyl (C=O) groups is 1. The van der Waals surface area contributed by atoms with E-state index in [1.165, 1.54) is 12.8 Å². The molecule has 0 saturated heterocycles. The van der Waals surface area contributed by atoms with Crippen LogP contribution in [0.3, 0.4) is 0 Å². The highest BCUT2D eigenvalue weighted by molar-refractivity contribution is 5.83. The van der Waals surface area contributed by atoms with E-state index < -0.39 is 12.0 Å². The zero-order valence-corrected chi connectivity index (χ0v) is 13.9. The van der Waals surface area contributed by atoms with Gasteiger partial charge in [0.05, 0.1) is 17.9 Å². The second kappa shape index (κ2) is 5.54. The Balaban J connectivity index is 1.74. The van der Waals surface area contributed by atoms with Crippen molar-refractivity contribution in [2.24, 2.45) is 11.7 Å². The van der Waals surface area contributed by atoms with Gasteiger partial charge in [-0.2, -0.15) is 0 Å². The molecule has 2 aliphatic rings. The fourth-order valence-corrected chi connectivity index (χ4v) is 3.34. The summed E-state index contributed by atoms with van der Waals surface area (Å²) in [4.78, 5) is 13.8. The average Bonchev–Trinajstić information content (AvgIpc) is 3.31. The van der Waals surface area contributed by atoms with Gasteiger partial charge in [0.25, 0.3) is 5.91 Å². The number of fused-ring (bicyclic) bond motifs is 1. The standard InChI is InChI=1S/C18H21N3O3/c1-10-17(11(2)24-20-10)13-5-6-15-14(7-13)21(8-12-3-4-12)9-16(23-15)18(19)22/h5-7,12,16H,3-4,8-9H2,1-2H3,(H2,19,22). The smallest absolute Gasteiger partial charge is 0.260 e. The van der Waals surface area contributed by atoms with E-state index in [1.54, 1.807) is 0 Å². The number of hydrogen-bond donors (Lipinski definition) is 1. The zero-order chi connectivity index (χ0) is 16.8. The SMILES string of the molecule is Cc1noc(C)c1-c1ccc2c(c1)N(CC1CC1)CC(C(N)=O)O2. The fourth-order valence-electron chi connectivity index (χ4n) is 3.34. The molecule has 1 unspecified atom stereocenters. The van der Waals surface area contributed by atoms with Gasteiger partial charge in [0.1, 0.15) is 11.5 Å². The minimum atomic E-state index is -0.596. The fraction of sp³-hybridized carbons (Fsp3) is 0.444. The summed E-state index contributed by atoms with van der Waals surface area (Å²) in [5.41, 5.74) is 9.41. The third-order valence-corrected chi connectivity index (χ3v) is 4.77. The van der Waals surface area contributed by atoms with Crippen LogP contribution in [0.15, 0.2) is 22.7 Å². The van der Waals surface area contributed by atoms with Crippen LogP contribution >= 0.6 is 0 Å². The van der Waals surface area contributed by atoms with Crippen LogP contribution in [0.1, 0.15) is 24.3 Å². The molecule has 6 heteroatoms. The van der Waals surface area contributed by atoms with Crippen molar-refractivity contribution in [2.75, 3.05) is 18.0 Å². The molecular formula is C18H21N3O3. The van der Waals surface area contributed by atoms with Crippen molar-refractivity contribution in [1.82, 2.24) is 5.16 Å². The Hall–Kier alpha value is -2.50. The van der Waals surface area contributed by atoms with Gasteiger partial charge in [0.15, 0.2) is 6.10 Å². The minimum absolute atomic E-state index is 0.420. The first-order valence-corrected chi connectivity index (χ1v) is 8.31. The van der Waals surface area contributed by atoms with E-state index in [-0.39, 0.29) is 0 Å². The lowest BCUT2D eigenvalue weighted by Gasteiger charge is -2.35. The lowest BCUT2D eigenvalue weighted by atomic mass is 10.0. The highest BCUT2D eigenvalue weighted by Crippen LogP contribution is 2.41. The minimum Gasteiger partial charge on any atom is -0.477 e. The molecule has 2 N–H and O–H groups in total. The van der Waals surface area contributed by atoms with Gasteiger partial charge in [-0.05, 0) is 50.3 Å². The number of nitrogens with zero attached hydrogens (tertiary/aromatic N) is 2. The second-order valence-electron chi connectivity index (χ2n) is 6.74. The number of aryl methyl sites for hydroxylation is 2. The highest BCUT2D eigenvalue weighted by Gasteiger charge is 2.33. The molecule has 1 aromatic carbocycles. The summed E-state index contributed by atoms with van der Waals surface area (Å²) in [5.74, 6) is 1.79. The molecular weight excluding hydrogens is 306 g/mol. The summed E-state index contributed by atoms with van der Waals surface area (Å²) in [6.07, 6.45) is 1.90. The van der Waals surface area contributed by atoms with Crippen LogP contribution in [-0.4, -0.2) is 30.3 Å². The molecule has 24 heavy (non-hydrogen) atoms. The number of ether oxygens (including phenoxy) is 1. The van der Waals surface area contributed by atoms with Gasteiger partial charge in [-0.1, -0.05) is 11.2 Å². The number of amides is 1. The summed E-state index contributed by atoms with van der Waals surface area (Å²) in [5, 5.41) is 4.04. The summed E-state index contributed by atoms with van der Waals surface area (Å²) in [6, 6.07) is 5.98. The highest BCUT2D eigenvalue weighted by atomic mass is 16.5. The molecule has 0 spiro atoms. The predicted octanol–water partition coefficient (Wildman–Crippen LogP) is 2.42. The Labute approximate surface area is 140 Å². The summed E-state index contributed by atoms with van der Waals surface area (Å²) in [7, 11) is 0. The molecule has 1 atom stereocenters. The lowest BCUT2D eigenvalue weighted by Crippen LogP contribution is -2.47. The maximum atomic E-state index is 11.6. The lowest BCUT2D eigenvalue weighted by molar-refractivity contribution is -0.124. The van der Waals surface area contributed by atoms with Gasteiger partial charge >= 0.3 is 0 Å². The van der Waals surface area contributed by atoms with Crippen molar-refractivity contribution in [2.45, 2.75) is 32.8 Å². The third kappa shape index (κ3) is 2.62. The summed E-state index contributed by atoms with van der Waals surface area (Å²) < 4.78 is 11.1. The maximum Gasteiger partial charge on any atom is 0.260 e. The van der Waals surface area contributed by atoms with Crippen molar-refractivity contribution < 1.29 is 14.1 Å². The Morgan fingerprint density at radius 2 is 2.17 bits per heavy atom. The first-order chi connectivity index (χ1) is 11.5. The Kier molecular flexibility index (Phi) is 3.48. The van der Waals surface area contributed by atoms with Gasteiger partial charge in [-0.25, -0.2) is 0 Å². The van der Waals surface area contributed by atoms with Crippen molar-refractivity contribution in [3.63, 3.8) is 0 Å². The number of hydrogen-bond acceptors (Lipinski definition) is 5. The van der Waals surface area contributed by atoms with Crippen LogP contribution in [0, 0.1) is 19.8 Å². The van der Waals surface area contributed by atoms with Crippen LogP contribution < -0.4 is 15.4 Å². The first kappa shape index (κ1) is 15.1. The van der Waals surface area contributed by atoms with E-state index in [0.717, 1.165) is 34.8 Å². The van der Waals surface area contributed by atoms with Crippen LogP contribution in [0.25, 0.3) is 11.1 Å². The van der Waals surface area contributed by atoms with Gasteiger partial charge in [0.2, 0.25) is 0 Å². The predicted molar refractivity (Wildman–Crippen MR) is 90.0 cm³/mol. The Morgan fingerprint density at radius 3 is 2.79 bits per heavy atom. The van der Waals surface area contributed by atoms with E-state index >= 15 is 0 Å². The first-order valence-electron chi connectivity index (χ1n) is 8.31. The number of primary amides is 1. The molecule has 1 fully saturated rings. The van der Waals surface area contributed by atoms with Crippen LogP contribution in [-0.2, 0) is 4.79 Å². The van der Waals surface area contributed by atoms with E-state index in [1.807, 2.05) is 26.0 Å². The average molecular weight is 327 g/mol. The van der Waals surface area contributed by atoms with Gasteiger partial charge in [-0.15, -0.1) is 0 Å². The topological polar surface area (TPSA) is 81.6 Å². The number of carbonyl (C=O) groups excluding carboxylic acids is 1. The molecule has 126 valence electrons. The van der Waals surface area contributed by atoms with Crippen LogP contribution in [0.5, 0.6) is 5.75 Å². The maximum absolute atomic E-state index is 11.6. The van der Waals surface area contributed by atoms with E-state index in [4.69, 9.17) is 15.0 Å². The Bertz CT molecular complexity index is 775. The Morgan fingerprint density at radius 1 is 1.38 bits per heavy atom. The molecule has 4 rings (SSSR count). The van der Waals surface area contributed by atoms with Gasteiger partial charge in [0, 0.05) is 12.1 Å². The number of aromatic nitrogens is 1. The van der Waals surface area contributed by atoms with Crippen LogP contribution in [0.2, 0.25) is 0 Å². The molecule has 2 aromatic rings.